The van der Waals surface area contributed by atoms with Crippen molar-refractivity contribution in [2.24, 2.45) is 23.2 Å². The van der Waals surface area contributed by atoms with E-state index in [1.165, 1.54) is 0 Å². The van der Waals surface area contributed by atoms with E-state index in [1.54, 1.807) is 26.2 Å². The topological polar surface area (TPSA) is 86.0 Å². The number of hydrogen-bond acceptors (Lipinski definition) is 5. The second-order valence-corrected chi connectivity index (χ2v) is 9.44. The normalized spacial score (nSPS) is 31.2. The van der Waals surface area contributed by atoms with Crippen LogP contribution in [0, 0.1) is 30.1 Å². The molecule has 1 aromatic rings. The van der Waals surface area contributed by atoms with Crippen LogP contribution in [0.5, 0.6) is 0 Å². The number of carbonyl (C=O) groups excluding carboxylic acids is 1. The van der Waals surface area contributed by atoms with Gasteiger partial charge in [0.1, 0.15) is 17.8 Å². The summed E-state index contributed by atoms with van der Waals surface area (Å²) in [4.78, 5) is 25.0. The molecule has 0 saturated heterocycles. The predicted octanol–water partition coefficient (Wildman–Crippen LogP) is 4.85. The quantitative estimate of drug-likeness (QED) is 0.525. The van der Waals surface area contributed by atoms with E-state index in [-0.39, 0.29) is 5.92 Å². The third kappa shape index (κ3) is 3.82. The van der Waals surface area contributed by atoms with E-state index in [4.69, 9.17) is 13.9 Å². The molecule has 0 amide bonds. The first-order chi connectivity index (χ1) is 14.1. The highest BCUT2D eigenvalue weighted by Crippen LogP contribution is 2.60. The van der Waals surface area contributed by atoms with Gasteiger partial charge in [0.05, 0.1) is 12.4 Å². The van der Waals surface area contributed by atoms with Gasteiger partial charge in [-0.3, -0.25) is 4.79 Å². The Morgan fingerprint density at radius 3 is 2.67 bits per heavy atom. The minimum Gasteiger partial charge on any atom is -0.481 e. The number of aliphatic carboxylic acids is 1. The van der Waals surface area contributed by atoms with Crippen LogP contribution in [-0.2, 0) is 25.5 Å². The first kappa shape index (κ1) is 22.6. The smallest absolute Gasteiger partial charge is 0.333 e. The van der Waals surface area contributed by atoms with Crippen molar-refractivity contribution in [3.63, 3.8) is 0 Å². The van der Waals surface area contributed by atoms with Gasteiger partial charge in [0.15, 0.2) is 0 Å². The fourth-order valence-electron chi connectivity index (χ4n) is 5.20. The molecule has 166 valence electrons. The molecule has 1 aromatic heterocycles. The highest BCUT2D eigenvalue weighted by Gasteiger charge is 2.61. The van der Waals surface area contributed by atoms with Crippen molar-refractivity contribution < 1.29 is 28.6 Å². The van der Waals surface area contributed by atoms with E-state index in [1.807, 2.05) is 13.8 Å². The molecule has 3 rings (SSSR count). The van der Waals surface area contributed by atoms with Crippen LogP contribution < -0.4 is 0 Å². The summed E-state index contributed by atoms with van der Waals surface area (Å²) in [6.45, 7) is 12.1. The van der Waals surface area contributed by atoms with Crippen molar-refractivity contribution in [2.75, 3.05) is 6.61 Å². The molecule has 1 N–H and O–H groups in total. The van der Waals surface area contributed by atoms with Gasteiger partial charge in [-0.2, -0.15) is 0 Å². The maximum absolute atomic E-state index is 12.6. The van der Waals surface area contributed by atoms with Gasteiger partial charge < -0.3 is 19.0 Å². The number of ether oxygens (including phenoxy) is 2. The lowest BCUT2D eigenvalue weighted by Gasteiger charge is -2.54. The molecule has 2 aliphatic carbocycles. The van der Waals surface area contributed by atoms with Crippen molar-refractivity contribution in [1.82, 2.24) is 0 Å². The molecule has 30 heavy (non-hydrogen) atoms. The number of allylic oxidation sites excluding steroid dienone is 1. The zero-order chi connectivity index (χ0) is 22.2. The summed E-state index contributed by atoms with van der Waals surface area (Å²) in [7, 11) is 0. The molecule has 5 atom stereocenters. The second-order valence-electron chi connectivity index (χ2n) is 9.44. The molecule has 1 saturated carbocycles. The molecule has 1 heterocycles. The van der Waals surface area contributed by atoms with E-state index in [9.17, 15) is 14.7 Å². The van der Waals surface area contributed by atoms with E-state index in [2.05, 4.69) is 13.8 Å². The summed E-state index contributed by atoms with van der Waals surface area (Å²) >= 11 is 0. The van der Waals surface area contributed by atoms with Crippen molar-refractivity contribution in [1.29, 1.82) is 0 Å². The number of carbonyl (C=O) groups is 2. The molecule has 6 nitrogen and oxygen atoms in total. The number of carboxylic acids is 1. The number of furan rings is 1. The average Bonchev–Trinajstić information content (AvgIpc) is 3.04. The Bertz CT molecular complexity index is 835. The Kier molecular flexibility index (Phi) is 6.46. The van der Waals surface area contributed by atoms with Gasteiger partial charge in [-0.15, -0.1) is 0 Å². The summed E-state index contributed by atoms with van der Waals surface area (Å²) in [5.74, 6) is -0.973. The minimum absolute atomic E-state index is 0.0755. The Balaban J connectivity index is 2.05. The number of hydrogen-bond donors (Lipinski definition) is 1. The molecule has 2 aliphatic rings. The van der Waals surface area contributed by atoms with Crippen molar-refractivity contribution in [3.8, 4) is 0 Å². The Morgan fingerprint density at radius 1 is 1.37 bits per heavy atom. The number of carboxylic acid groups (broad SMARTS) is 1. The summed E-state index contributed by atoms with van der Waals surface area (Å²) in [5, 5.41) is 10.3. The van der Waals surface area contributed by atoms with Crippen molar-refractivity contribution in [3.05, 3.63) is 34.8 Å². The van der Waals surface area contributed by atoms with Crippen LogP contribution in [0.1, 0.15) is 70.5 Å². The van der Waals surface area contributed by atoms with E-state index in [0.717, 1.165) is 23.3 Å². The van der Waals surface area contributed by atoms with Gasteiger partial charge in [-0.1, -0.05) is 26.8 Å². The molecule has 0 aromatic carbocycles. The first-order valence-electron chi connectivity index (χ1n) is 10.9. The highest BCUT2D eigenvalue weighted by atomic mass is 16.5. The van der Waals surface area contributed by atoms with E-state index >= 15 is 0 Å². The lowest BCUT2D eigenvalue weighted by Crippen LogP contribution is -2.56. The van der Waals surface area contributed by atoms with E-state index < -0.39 is 35.5 Å². The monoisotopic (exact) mass is 418 g/mol. The number of fused-ring (bicyclic) bond motifs is 2. The molecular weight excluding hydrogens is 384 g/mol. The summed E-state index contributed by atoms with van der Waals surface area (Å²) in [6, 6.07) is 0. The van der Waals surface area contributed by atoms with Crippen LogP contribution in [0.2, 0.25) is 0 Å². The summed E-state index contributed by atoms with van der Waals surface area (Å²) in [5.41, 5.74) is 1.72. The van der Waals surface area contributed by atoms with Crippen LogP contribution >= 0.6 is 0 Å². The third-order valence-corrected chi connectivity index (χ3v) is 6.96. The Labute approximate surface area is 178 Å². The second kappa shape index (κ2) is 8.58. The number of aryl methyl sites for hydroxylation is 1. The molecule has 1 fully saturated rings. The molecule has 0 unspecified atom stereocenters. The first-order valence-corrected chi connectivity index (χ1v) is 10.9. The summed E-state index contributed by atoms with van der Waals surface area (Å²) in [6.07, 6.45) is 4.27. The fourth-order valence-corrected chi connectivity index (χ4v) is 5.20. The van der Waals surface area contributed by atoms with Gasteiger partial charge in [0, 0.05) is 29.6 Å². The maximum atomic E-state index is 12.6. The van der Waals surface area contributed by atoms with Gasteiger partial charge in [0.25, 0.3) is 0 Å². The molecule has 0 aliphatic heterocycles. The fraction of sp³-hybridized carbons (Fsp3) is 0.667. The lowest BCUT2D eigenvalue weighted by molar-refractivity contribution is -0.195. The standard InChI is InChI=1S/C24H34O6/c1-7-14(4)23(27)30-17-9-8-16-10-18-19(15(5)12-28-18)21(29-11-13(2)3)24(16,6)20(17)22(25)26/h7,12-13,16-17,20-21H,8-11H2,1-6H3,(H,25,26)/t16-,17+,20-,21-,24+/m1/s1. The average molecular weight is 419 g/mol. The van der Waals surface area contributed by atoms with Gasteiger partial charge in [-0.25, -0.2) is 4.79 Å². The highest BCUT2D eigenvalue weighted by molar-refractivity contribution is 5.88. The predicted molar refractivity (Wildman–Crippen MR) is 112 cm³/mol. The van der Waals surface area contributed by atoms with Gasteiger partial charge >= 0.3 is 11.9 Å². The summed E-state index contributed by atoms with van der Waals surface area (Å²) < 4.78 is 18.0. The lowest BCUT2D eigenvalue weighted by atomic mass is 9.53. The number of esters is 1. The SMILES string of the molecule is CC=C(C)C(=O)O[C@H]1CC[C@@H]2Cc3occ(C)c3[C@@H](OCC(C)C)[C@]2(C)[C@H]1C(=O)O. The zero-order valence-electron chi connectivity index (χ0n) is 18.9. The largest absolute Gasteiger partial charge is 0.481 e. The Morgan fingerprint density at radius 2 is 2.07 bits per heavy atom. The van der Waals surface area contributed by atoms with Crippen LogP contribution in [0.25, 0.3) is 0 Å². The van der Waals surface area contributed by atoms with E-state index in [0.29, 0.717) is 30.9 Å². The van der Waals surface area contributed by atoms with Crippen LogP contribution in [-0.4, -0.2) is 29.8 Å². The van der Waals surface area contributed by atoms with Gasteiger partial charge in [-0.05, 0) is 51.0 Å². The third-order valence-electron chi connectivity index (χ3n) is 6.96. The molecule has 0 radical (unpaired) electrons. The molecule has 0 bridgehead atoms. The Hall–Kier alpha value is -2.08. The van der Waals surface area contributed by atoms with Crippen molar-refractivity contribution in [2.45, 2.75) is 73.0 Å². The van der Waals surface area contributed by atoms with Crippen LogP contribution in [0.15, 0.2) is 22.3 Å². The van der Waals surface area contributed by atoms with Crippen molar-refractivity contribution >= 4 is 11.9 Å². The van der Waals surface area contributed by atoms with Crippen LogP contribution in [0.4, 0.5) is 0 Å². The molecule has 0 spiro atoms. The molecule has 6 heteroatoms. The van der Waals surface area contributed by atoms with Gasteiger partial charge in [0.2, 0.25) is 0 Å². The maximum Gasteiger partial charge on any atom is 0.333 e. The number of rotatable bonds is 6. The van der Waals surface area contributed by atoms with Crippen LogP contribution in [0.3, 0.4) is 0 Å². The zero-order valence-corrected chi connectivity index (χ0v) is 18.9. The minimum atomic E-state index is -0.944. The molecular formula is C24H34O6.